The number of piperidine rings is 1. The summed E-state index contributed by atoms with van der Waals surface area (Å²) in [5.74, 6) is 0.259. The molecule has 0 saturated carbocycles. The van der Waals surface area contributed by atoms with Crippen molar-refractivity contribution < 1.29 is 4.79 Å². The maximum atomic E-state index is 13.4. The molecule has 1 amide bonds. The summed E-state index contributed by atoms with van der Waals surface area (Å²) >= 11 is 0. The molecule has 2 heterocycles. The van der Waals surface area contributed by atoms with Crippen molar-refractivity contribution in [3.05, 3.63) is 71.8 Å². The predicted molar refractivity (Wildman–Crippen MR) is 127 cm³/mol. The van der Waals surface area contributed by atoms with Crippen LogP contribution < -0.4 is 10.6 Å². The van der Waals surface area contributed by atoms with Crippen molar-refractivity contribution in [3.8, 4) is 0 Å². The number of nitrogens with one attached hydrogen (secondary N) is 2. The first-order valence-electron chi connectivity index (χ1n) is 10.5. The van der Waals surface area contributed by atoms with Crippen LogP contribution in [0.4, 0.5) is 0 Å². The number of hydrogen-bond acceptors (Lipinski definition) is 3. The molecule has 1 spiro atoms. The predicted octanol–water partition coefficient (Wildman–Crippen LogP) is 3.83. The minimum atomic E-state index is -0.0439. The maximum Gasteiger partial charge on any atom is 0.240 e. The number of halogens is 2. The molecule has 1 unspecified atom stereocenters. The Balaban J connectivity index is 0.00000160. The number of carbonyl (C=O) groups is 1. The highest BCUT2D eigenvalue weighted by atomic mass is 35.5. The van der Waals surface area contributed by atoms with E-state index >= 15 is 0 Å². The Labute approximate surface area is 192 Å². The van der Waals surface area contributed by atoms with Gasteiger partial charge in [0, 0.05) is 19.6 Å². The maximum absolute atomic E-state index is 13.4. The third-order valence-corrected chi connectivity index (χ3v) is 6.36. The van der Waals surface area contributed by atoms with Crippen LogP contribution in [0.1, 0.15) is 30.4 Å². The average molecular weight is 450 g/mol. The molecule has 1 atom stereocenters. The molecule has 30 heavy (non-hydrogen) atoms. The van der Waals surface area contributed by atoms with E-state index in [0.29, 0.717) is 12.0 Å². The lowest BCUT2D eigenvalue weighted by Crippen LogP contribution is -2.44. The zero-order valence-electron chi connectivity index (χ0n) is 17.4. The fourth-order valence-electron chi connectivity index (χ4n) is 4.63. The number of benzene rings is 2. The molecular formula is C24H33Cl2N3O. The van der Waals surface area contributed by atoms with Gasteiger partial charge in [-0.15, -0.1) is 24.8 Å². The first-order chi connectivity index (χ1) is 13.7. The second-order valence-corrected chi connectivity index (χ2v) is 8.37. The van der Waals surface area contributed by atoms with Gasteiger partial charge in [-0.25, -0.2) is 0 Å². The fourth-order valence-corrected chi connectivity index (χ4v) is 4.63. The lowest BCUT2D eigenvalue weighted by Gasteiger charge is -2.33. The van der Waals surface area contributed by atoms with E-state index < -0.39 is 0 Å². The van der Waals surface area contributed by atoms with E-state index in [1.165, 1.54) is 24.0 Å². The first-order valence-corrected chi connectivity index (χ1v) is 10.5. The monoisotopic (exact) mass is 449 g/mol. The molecule has 2 aromatic rings. The van der Waals surface area contributed by atoms with Gasteiger partial charge in [0.15, 0.2) is 0 Å². The molecule has 0 radical (unpaired) electrons. The van der Waals surface area contributed by atoms with Gasteiger partial charge in [0.1, 0.15) is 0 Å². The molecule has 0 aromatic heterocycles. The van der Waals surface area contributed by atoms with Gasteiger partial charge in [0.25, 0.3) is 0 Å². The third-order valence-electron chi connectivity index (χ3n) is 6.36. The minimum absolute atomic E-state index is 0. The lowest BCUT2D eigenvalue weighted by molar-refractivity contribution is -0.133. The number of rotatable bonds is 6. The largest absolute Gasteiger partial charge is 0.337 e. The highest BCUT2D eigenvalue weighted by molar-refractivity contribution is 5.85. The highest BCUT2D eigenvalue weighted by Crippen LogP contribution is 2.37. The average Bonchev–Trinajstić information content (AvgIpc) is 3.16. The fraction of sp³-hybridized carbons (Fsp3) is 0.458. The normalized spacial score (nSPS) is 19.5. The van der Waals surface area contributed by atoms with Gasteiger partial charge in [-0.2, -0.15) is 0 Å². The van der Waals surface area contributed by atoms with Crippen LogP contribution in [0.5, 0.6) is 0 Å². The summed E-state index contributed by atoms with van der Waals surface area (Å²) in [6, 6.07) is 20.8. The van der Waals surface area contributed by atoms with Crippen LogP contribution in [0.3, 0.4) is 0 Å². The Morgan fingerprint density at radius 1 is 0.933 bits per heavy atom. The Morgan fingerprint density at radius 2 is 1.53 bits per heavy atom. The molecule has 4 rings (SSSR count). The third kappa shape index (κ3) is 6.21. The Hall–Kier alpha value is -1.59. The number of amides is 1. The van der Waals surface area contributed by atoms with Crippen molar-refractivity contribution in [3.63, 3.8) is 0 Å². The standard InChI is InChI=1S/C24H31N3O.2ClH/c28-23(22-17-24(19-26-22)12-14-25-15-13-24)27(18-21-9-5-2-6-10-21)16-11-20-7-3-1-4-8-20;;/h1-10,22,25-26H,11-19H2;2*1H. The Bertz CT molecular complexity index is 767. The van der Waals surface area contributed by atoms with Crippen molar-refractivity contribution in [2.24, 2.45) is 5.41 Å². The zero-order valence-corrected chi connectivity index (χ0v) is 19.0. The smallest absolute Gasteiger partial charge is 0.240 e. The van der Waals surface area contributed by atoms with E-state index in [1.807, 2.05) is 24.3 Å². The molecule has 4 nitrogen and oxygen atoms in total. The second kappa shape index (κ2) is 11.7. The van der Waals surface area contributed by atoms with E-state index in [9.17, 15) is 4.79 Å². The molecule has 2 aromatic carbocycles. The van der Waals surface area contributed by atoms with E-state index in [2.05, 4.69) is 51.9 Å². The van der Waals surface area contributed by atoms with Gasteiger partial charge < -0.3 is 15.5 Å². The van der Waals surface area contributed by atoms with Crippen LogP contribution in [0.15, 0.2) is 60.7 Å². The van der Waals surface area contributed by atoms with E-state index in [1.54, 1.807) is 0 Å². The topological polar surface area (TPSA) is 44.4 Å². The molecule has 164 valence electrons. The first kappa shape index (κ1) is 24.7. The number of nitrogens with zero attached hydrogens (tertiary/aromatic N) is 1. The van der Waals surface area contributed by atoms with Gasteiger partial charge in [0.05, 0.1) is 6.04 Å². The van der Waals surface area contributed by atoms with Crippen LogP contribution in [0.25, 0.3) is 0 Å². The van der Waals surface area contributed by atoms with Crippen molar-refractivity contribution in [2.75, 3.05) is 26.2 Å². The molecule has 0 aliphatic carbocycles. The minimum Gasteiger partial charge on any atom is -0.337 e. The summed E-state index contributed by atoms with van der Waals surface area (Å²) in [5.41, 5.74) is 2.78. The van der Waals surface area contributed by atoms with Crippen molar-refractivity contribution in [1.29, 1.82) is 0 Å². The summed E-state index contributed by atoms with van der Waals surface area (Å²) in [6.45, 7) is 4.56. The summed E-state index contributed by atoms with van der Waals surface area (Å²) < 4.78 is 0. The van der Waals surface area contributed by atoms with Gasteiger partial charge in [-0.05, 0) is 55.3 Å². The van der Waals surface area contributed by atoms with Gasteiger partial charge in [-0.3, -0.25) is 4.79 Å². The van der Waals surface area contributed by atoms with Crippen LogP contribution in [0, 0.1) is 5.41 Å². The van der Waals surface area contributed by atoms with E-state index in [-0.39, 0.29) is 36.8 Å². The summed E-state index contributed by atoms with van der Waals surface area (Å²) in [5, 5.41) is 7.01. The quantitative estimate of drug-likeness (QED) is 0.703. The molecule has 2 saturated heterocycles. The molecule has 2 aliphatic heterocycles. The van der Waals surface area contributed by atoms with Gasteiger partial charge in [0.2, 0.25) is 5.91 Å². The second-order valence-electron chi connectivity index (χ2n) is 8.37. The summed E-state index contributed by atoms with van der Waals surface area (Å²) in [7, 11) is 0. The van der Waals surface area contributed by atoms with E-state index in [4.69, 9.17) is 0 Å². The van der Waals surface area contributed by atoms with Crippen LogP contribution in [0.2, 0.25) is 0 Å². The van der Waals surface area contributed by atoms with Crippen LogP contribution in [-0.4, -0.2) is 43.0 Å². The molecule has 2 N–H and O–H groups in total. The van der Waals surface area contributed by atoms with Crippen molar-refractivity contribution >= 4 is 30.7 Å². The van der Waals surface area contributed by atoms with Gasteiger partial charge >= 0.3 is 0 Å². The molecular weight excluding hydrogens is 417 g/mol. The van der Waals surface area contributed by atoms with Crippen molar-refractivity contribution in [1.82, 2.24) is 15.5 Å². The molecule has 2 aliphatic rings. The Morgan fingerprint density at radius 3 is 2.17 bits per heavy atom. The summed E-state index contributed by atoms with van der Waals surface area (Å²) in [4.78, 5) is 15.5. The zero-order chi connectivity index (χ0) is 19.2. The molecule has 2 fully saturated rings. The SMILES string of the molecule is Cl.Cl.O=C(C1CC2(CCNCC2)CN1)N(CCc1ccccc1)Cc1ccccc1. The van der Waals surface area contributed by atoms with E-state index in [0.717, 1.165) is 39.0 Å². The van der Waals surface area contributed by atoms with Crippen LogP contribution >= 0.6 is 24.8 Å². The lowest BCUT2D eigenvalue weighted by atomic mass is 9.77. The molecule has 6 heteroatoms. The van der Waals surface area contributed by atoms with Crippen molar-refractivity contribution in [2.45, 2.75) is 38.3 Å². The highest BCUT2D eigenvalue weighted by Gasteiger charge is 2.43. The Kier molecular flexibility index (Phi) is 9.63. The van der Waals surface area contributed by atoms with Gasteiger partial charge in [-0.1, -0.05) is 60.7 Å². The number of hydrogen-bond donors (Lipinski definition) is 2. The molecule has 0 bridgehead atoms. The number of carbonyl (C=O) groups excluding carboxylic acids is 1. The van der Waals surface area contributed by atoms with Crippen LogP contribution in [-0.2, 0) is 17.8 Å². The summed E-state index contributed by atoms with van der Waals surface area (Å²) in [6.07, 6.45) is 4.21.